The van der Waals surface area contributed by atoms with Crippen molar-refractivity contribution in [3.05, 3.63) is 42.2 Å². The molecule has 3 rings (SSSR count). The van der Waals surface area contributed by atoms with Crippen molar-refractivity contribution in [1.82, 2.24) is 9.88 Å². The Bertz CT molecular complexity index is 770. The van der Waals surface area contributed by atoms with Gasteiger partial charge in [0.1, 0.15) is 0 Å². The first-order chi connectivity index (χ1) is 13.1. The largest absolute Gasteiger partial charge is 0.489 e. The van der Waals surface area contributed by atoms with Crippen molar-refractivity contribution in [3.8, 4) is 5.75 Å². The summed E-state index contributed by atoms with van der Waals surface area (Å²) in [6.07, 6.45) is 6.65. The number of para-hydroxylation sites is 1. The molecule has 0 saturated carbocycles. The molecule has 1 aliphatic heterocycles. The van der Waals surface area contributed by atoms with Crippen molar-refractivity contribution >= 4 is 23.3 Å². The summed E-state index contributed by atoms with van der Waals surface area (Å²) in [5.74, 6) is 0.135. The number of H-pyrrole nitrogens is 1. The Morgan fingerprint density at radius 1 is 1.15 bits per heavy atom. The molecule has 144 valence electrons. The molecule has 2 aromatic rings. The van der Waals surface area contributed by atoms with Crippen LogP contribution in [0.15, 0.2) is 36.7 Å². The molecule has 1 fully saturated rings. The monoisotopic (exact) mass is 371 g/mol. The molecule has 1 aliphatic rings. The van der Waals surface area contributed by atoms with Crippen molar-refractivity contribution in [2.24, 2.45) is 5.73 Å². The number of primary amides is 1. The second-order valence-electron chi connectivity index (χ2n) is 6.48. The second-order valence-corrected chi connectivity index (χ2v) is 6.48. The number of rotatable bonds is 8. The Morgan fingerprint density at radius 3 is 2.56 bits per heavy atom. The van der Waals surface area contributed by atoms with E-state index in [1.54, 1.807) is 36.7 Å². The number of hydrogen-bond acceptors (Lipinski definition) is 4. The molecular weight excluding hydrogens is 346 g/mol. The van der Waals surface area contributed by atoms with Crippen molar-refractivity contribution in [2.75, 3.05) is 36.9 Å². The fraction of sp³-hybridized carbons (Fsp3) is 0.368. The lowest BCUT2D eigenvalue weighted by molar-refractivity contribution is 0.102. The molecule has 0 radical (unpaired) electrons. The average molecular weight is 371 g/mol. The number of carbonyl (C=O) groups excluding carboxylic acids is 2. The second kappa shape index (κ2) is 9.09. The molecule has 5 N–H and O–H groups in total. The number of amides is 3. The highest BCUT2D eigenvalue weighted by Crippen LogP contribution is 2.34. The van der Waals surface area contributed by atoms with E-state index in [1.165, 1.54) is 12.8 Å². The number of urea groups is 1. The van der Waals surface area contributed by atoms with Crippen LogP contribution < -0.4 is 21.1 Å². The van der Waals surface area contributed by atoms with E-state index in [9.17, 15) is 9.59 Å². The van der Waals surface area contributed by atoms with Crippen LogP contribution in [-0.2, 0) is 0 Å². The van der Waals surface area contributed by atoms with Crippen LogP contribution >= 0.6 is 0 Å². The third-order valence-electron chi connectivity index (χ3n) is 4.45. The summed E-state index contributed by atoms with van der Waals surface area (Å²) in [6.45, 7) is 3.72. The van der Waals surface area contributed by atoms with Crippen LogP contribution in [0.2, 0.25) is 0 Å². The third kappa shape index (κ3) is 5.24. The van der Waals surface area contributed by atoms with Gasteiger partial charge in [-0.15, -0.1) is 0 Å². The van der Waals surface area contributed by atoms with Gasteiger partial charge in [-0.2, -0.15) is 0 Å². The molecule has 3 amide bonds. The van der Waals surface area contributed by atoms with Crippen LogP contribution in [0.25, 0.3) is 0 Å². The fourth-order valence-electron chi connectivity index (χ4n) is 3.15. The smallest absolute Gasteiger partial charge is 0.316 e. The van der Waals surface area contributed by atoms with Crippen LogP contribution in [0.5, 0.6) is 5.75 Å². The number of likely N-dealkylation sites (tertiary alicyclic amines) is 1. The zero-order valence-electron chi connectivity index (χ0n) is 15.2. The van der Waals surface area contributed by atoms with Gasteiger partial charge in [0, 0.05) is 18.9 Å². The maximum Gasteiger partial charge on any atom is 0.316 e. The summed E-state index contributed by atoms with van der Waals surface area (Å²) in [5, 5.41) is 5.37. The molecule has 8 nitrogen and oxygen atoms in total. The number of hydrogen-bond donors (Lipinski definition) is 4. The number of aromatic nitrogens is 1. The first kappa shape index (κ1) is 18.8. The van der Waals surface area contributed by atoms with Gasteiger partial charge in [0.2, 0.25) is 0 Å². The number of anilines is 2. The van der Waals surface area contributed by atoms with E-state index in [0.717, 1.165) is 26.1 Å². The first-order valence-corrected chi connectivity index (χ1v) is 9.12. The van der Waals surface area contributed by atoms with E-state index < -0.39 is 6.03 Å². The average Bonchev–Trinajstić information content (AvgIpc) is 3.34. The SMILES string of the molecule is NC(=O)Nc1cccc(NC(=O)c2cc[nH]c2)c1OCCCN1CCCC1. The Kier molecular flexibility index (Phi) is 6.32. The minimum atomic E-state index is -0.689. The summed E-state index contributed by atoms with van der Waals surface area (Å²) in [5.41, 5.74) is 6.67. The molecule has 2 heterocycles. The number of nitrogens with zero attached hydrogens (tertiary/aromatic N) is 1. The van der Waals surface area contributed by atoms with E-state index in [2.05, 4.69) is 20.5 Å². The Hall–Kier alpha value is -3.00. The summed E-state index contributed by atoms with van der Waals surface area (Å²) in [7, 11) is 0. The van der Waals surface area contributed by atoms with E-state index in [1.807, 2.05) is 0 Å². The Labute approximate surface area is 158 Å². The third-order valence-corrected chi connectivity index (χ3v) is 4.45. The van der Waals surface area contributed by atoms with Crippen LogP contribution in [0.1, 0.15) is 29.6 Å². The van der Waals surface area contributed by atoms with Crippen LogP contribution in [-0.4, -0.2) is 48.1 Å². The van der Waals surface area contributed by atoms with Crippen molar-refractivity contribution in [3.63, 3.8) is 0 Å². The van der Waals surface area contributed by atoms with E-state index >= 15 is 0 Å². The highest BCUT2D eigenvalue weighted by atomic mass is 16.5. The van der Waals surface area contributed by atoms with Gasteiger partial charge >= 0.3 is 6.03 Å². The van der Waals surface area contributed by atoms with E-state index in [0.29, 0.717) is 29.3 Å². The predicted molar refractivity (Wildman–Crippen MR) is 104 cm³/mol. The standard InChI is InChI=1S/C19H25N5O3/c20-19(26)23-16-6-3-5-15(22-18(25)14-7-8-21-13-14)17(16)27-12-4-11-24-9-1-2-10-24/h3,5-8,13,21H,1-2,4,9-12H2,(H,22,25)(H3,20,23,26). The fourth-order valence-corrected chi connectivity index (χ4v) is 3.15. The number of ether oxygens (including phenoxy) is 1. The van der Waals surface area contributed by atoms with E-state index in [4.69, 9.17) is 10.5 Å². The highest BCUT2D eigenvalue weighted by molar-refractivity contribution is 6.05. The van der Waals surface area contributed by atoms with Crippen LogP contribution in [0.4, 0.5) is 16.2 Å². The van der Waals surface area contributed by atoms with E-state index in [-0.39, 0.29) is 5.91 Å². The summed E-state index contributed by atoms with van der Waals surface area (Å²) >= 11 is 0. The number of benzene rings is 1. The lowest BCUT2D eigenvalue weighted by Gasteiger charge is -2.18. The quantitative estimate of drug-likeness (QED) is 0.534. The minimum Gasteiger partial charge on any atom is -0.489 e. The molecule has 1 saturated heterocycles. The molecule has 8 heteroatoms. The van der Waals surface area contributed by atoms with Gasteiger partial charge in [0.15, 0.2) is 5.75 Å². The summed E-state index contributed by atoms with van der Waals surface area (Å²) in [4.78, 5) is 28.9. The number of aromatic amines is 1. The molecule has 1 aromatic carbocycles. The Morgan fingerprint density at radius 2 is 1.89 bits per heavy atom. The zero-order valence-corrected chi connectivity index (χ0v) is 15.2. The first-order valence-electron chi connectivity index (χ1n) is 9.12. The minimum absolute atomic E-state index is 0.269. The zero-order chi connectivity index (χ0) is 19.1. The van der Waals surface area contributed by atoms with Crippen molar-refractivity contribution in [1.29, 1.82) is 0 Å². The molecule has 0 unspecified atom stereocenters. The normalized spacial score (nSPS) is 14.1. The summed E-state index contributed by atoms with van der Waals surface area (Å²) in [6, 6.07) is 6.12. The number of carbonyl (C=O) groups is 2. The van der Waals surface area contributed by atoms with Crippen LogP contribution in [0.3, 0.4) is 0 Å². The van der Waals surface area contributed by atoms with Crippen LogP contribution in [0, 0.1) is 0 Å². The topological polar surface area (TPSA) is 112 Å². The number of nitrogens with one attached hydrogen (secondary N) is 3. The molecule has 27 heavy (non-hydrogen) atoms. The van der Waals surface area contributed by atoms with Gasteiger partial charge in [0.25, 0.3) is 5.91 Å². The van der Waals surface area contributed by atoms with Gasteiger partial charge in [-0.05, 0) is 50.6 Å². The molecule has 0 bridgehead atoms. The van der Waals surface area contributed by atoms with Gasteiger partial charge in [0.05, 0.1) is 23.5 Å². The molecule has 0 aliphatic carbocycles. The predicted octanol–water partition coefficient (Wildman–Crippen LogP) is 2.62. The lowest BCUT2D eigenvalue weighted by Crippen LogP contribution is -2.23. The van der Waals surface area contributed by atoms with Gasteiger partial charge in [-0.25, -0.2) is 4.79 Å². The highest BCUT2D eigenvalue weighted by Gasteiger charge is 2.16. The van der Waals surface area contributed by atoms with Gasteiger partial charge in [-0.3, -0.25) is 4.79 Å². The molecular formula is C19H25N5O3. The molecule has 0 atom stereocenters. The van der Waals surface area contributed by atoms with Crippen molar-refractivity contribution in [2.45, 2.75) is 19.3 Å². The lowest BCUT2D eigenvalue weighted by atomic mass is 10.2. The van der Waals surface area contributed by atoms with Gasteiger partial charge < -0.3 is 31.0 Å². The Balaban J connectivity index is 1.69. The molecule has 0 spiro atoms. The molecule has 1 aromatic heterocycles. The maximum absolute atomic E-state index is 12.4. The van der Waals surface area contributed by atoms with Gasteiger partial charge in [-0.1, -0.05) is 6.07 Å². The summed E-state index contributed by atoms with van der Waals surface area (Å²) < 4.78 is 5.93. The number of nitrogens with two attached hydrogens (primary N) is 1. The van der Waals surface area contributed by atoms with Crippen molar-refractivity contribution < 1.29 is 14.3 Å². The maximum atomic E-state index is 12.4.